The van der Waals surface area contributed by atoms with E-state index in [4.69, 9.17) is 4.74 Å². The van der Waals surface area contributed by atoms with E-state index in [0.717, 1.165) is 16.4 Å². The lowest BCUT2D eigenvalue weighted by molar-refractivity contribution is 0.112. The number of methoxy groups -OCH3 is 1. The molecule has 0 fully saturated rings. The molecule has 0 amide bonds. The van der Waals surface area contributed by atoms with Crippen molar-refractivity contribution in [3.63, 3.8) is 0 Å². The molecule has 2 aromatic carbocycles. The van der Waals surface area contributed by atoms with Crippen molar-refractivity contribution in [2.24, 2.45) is 0 Å². The molecule has 29 heavy (non-hydrogen) atoms. The molecule has 0 spiro atoms. The maximum atomic E-state index is 13.2. The summed E-state index contributed by atoms with van der Waals surface area (Å²) in [6, 6.07) is 12.0. The number of carbonyl (C=O) groups excluding carboxylic acids is 1. The van der Waals surface area contributed by atoms with Crippen LogP contribution in [0.5, 0.6) is 0 Å². The van der Waals surface area contributed by atoms with Crippen molar-refractivity contribution in [3.8, 4) is 17.2 Å². The first kappa shape index (κ1) is 18.7. The van der Waals surface area contributed by atoms with E-state index >= 15 is 0 Å². The van der Waals surface area contributed by atoms with Gasteiger partial charge in [0.1, 0.15) is 6.29 Å². The number of aromatic nitrogens is 4. The predicted octanol–water partition coefficient (Wildman–Crippen LogP) is 1.81. The number of aryl methyl sites for hydroxylation is 1. The second-order valence-electron chi connectivity index (χ2n) is 6.61. The summed E-state index contributed by atoms with van der Waals surface area (Å²) >= 11 is 0. The van der Waals surface area contributed by atoms with Crippen LogP contribution in [0, 0.1) is 6.92 Å². The van der Waals surface area contributed by atoms with Gasteiger partial charge in [0.25, 0.3) is 5.56 Å². The molecule has 0 aliphatic carbocycles. The molecule has 0 N–H and O–H groups in total. The normalized spacial score (nSPS) is 11.2. The maximum Gasteiger partial charge on any atom is 0.357 e. The van der Waals surface area contributed by atoms with Crippen LogP contribution in [0.3, 0.4) is 0 Å². The van der Waals surface area contributed by atoms with Crippen molar-refractivity contribution in [2.45, 2.75) is 13.5 Å². The van der Waals surface area contributed by atoms with Crippen LogP contribution in [-0.2, 0) is 11.3 Å². The molecule has 0 atom stereocenters. The molecule has 2 aromatic rings. The van der Waals surface area contributed by atoms with Gasteiger partial charge in [0.2, 0.25) is 0 Å². The molecular formula is C21H18N4O4. The number of benzene rings is 2. The van der Waals surface area contributed by atoms with Crippen LogP contribution >= 0.6 is 0 Å². The number of ether oxygens (including phenoxy) is 1. The van der Waals surface area contributed by atoms with Gasteiger partial charge in [-0.25, -0.2) is 14.3 Å². The van der Waals surface area contributed by atoms with Gasteiger partial charge >= 0.3 is 5.69 Å². The summed E-state index contributed by atoms with van der Waals surface area (Å²) in [5, 5.41) is 0. The van der Waals surface area contributed by atoms with Gasteiger partial charge in [0, 0.05) is 19.2 Å². The number of nitrogens with zero attached hydrogens (tertiary/aromatic N) is 4. The quantitative estimate of drug-likeness (QED) is 0.381. The Morgan fingerprint density at radius 2 is 1.86 bits per heavy atom. The standard InChI is InChI=1S/C21H18N4O4/c1-13-10-16-17(11-14(13)12-26)24(8-9-29-2)19-18(22-16)20(27)25(21(28)23-19)15-6-4-3-5-7-15/h3-7,10-12H,8-9H2,1-2H3. The summed E-state index contributed by atoms with van der Waals surface area (Å²) in [7, 11) is 1.56. The first-order chi connectivity index (χ1) is 14.0. The van der Waals surface area contributed by atoms with E-state index in [1.54, 1.807) is 61.1 Å². The van der Waals surface area contributed by atoms with Crippen molar-refractivity contribution in [2.75, 3.05) is 13.7 Å². The fourth-order valence-corrected chi connectivity index (χ4v) is 3.35. The van der Waals surface area contributed by atoms with Gasteiger partial charge in [-0.2, -0.15) is 4.98 Å². The molecule has 0 unspecified atom stereocenters. The number of aldehydes is 1. The van der Waals surface area contributed by atoms with Crippen molar-refractivity contribution in [1.29, 1.82) is 0 Å². The lowest BCUT2D eigenvalue weighted by Crippen LogP contribution is -2.37. The van der Waals surface area contributed by atoms with Crippen molar-refractivity contribution < 1.29 is 9.53 Å². The zero-order valence-electron chi connectivity index (χ0n) is 16.0. The van der Waals surface area contributed by atoms with Crippen LogP contribution in [0.1, 0.15) is 15.9 Å². The van der Waals surface area contributed by atoms with Crippen LogP contribution in [0.25, 0.3) is 28.2 Å². The number of hydrogen-bond donors (Lipinski definition) is 0. The predicted molar refractivity (Wildman–Crippen MR) is 108 cm³/mol. The number of rotatable bonds is 5. The van der Waals surface area contributed by atoms with Crippen LogP contribution in [0.15, 0.2) is 52.1 Å². The van der Waals surface area contributed by atoms with Crippen LogP contribution in [-0.4, -0.2) is 39.1 Å². The van der Waals surface area contributed by atoms with Crippen molar-refractivity contribution >= 4 is 17.3 Å². The van der Waals surface area contributed by atoms with Gasteiger partial charge < -0.3 is 9.30 Å². The minimum absolute atomic E-state index is 0.0790. The van der Waals surface area contributed by atoms with Gasteiger partial charge in [-0.3, -0.25) is 9.59 Å². The highest BCUT2D eigenvalue weighted by Crippen LogP contribution is 2.23. The van der Waals surface area contributed by atoms with E-state index < -0.39 is 11.2 Å². The Kier molecular flexibility index (Phi) is 4.77. The molecule has 8 heteroatoms. The Morgan fingerprint density at radius 3 is 2.55 bits per heavy atom. The van der Waals surface area contributed by atoms with Gasteiger partial charge in [-0.15, -0.1) is 0 Å². The highest BCUT2D eigenvalue weighted by molar-refractivity contribution is 5.88. The number of fused-ring (bicyclic) bond motifs is 2. The molecule has 0 aromatic heterocycles. The van der Waals surface area contributed by atoms with Crippen LogP contribution < -0.4 is 11.2 Å². The van der Waals surface area contributed by atoms with E-state index in [9.17, 15) is 14.4 Å². The SMILES string of the molecule is COCCn1c2nc(=O)n(-c3ccccc3)c(=O)c-2nc2cc(C)c(C=O)cc21. The summed E-state index contributed by atoms with van der Waals surface area (Å²) in [6.07, 6.45) is 0.763. The number of para-hydroxylation sites is 1. The van der Waals surface area contributed by atoms with Gasteiger partial charge in [-0.05, 0) is 36.8 Å². The summed E-state index contributed by atoms with van der Waals surface area (Å²) in [6.45, 7) is 2.48. The molecule has 2 heterocycles. The number of hydrogen-bond acceptors (Lipinski definition) is 6. The third kappa shape index (κ3) is 3.13. The molecule has 0 bridgehead atoms. The zero-order valence-corrected chi connectivity index (χ0v) is 16.0. The second-order valence-corrected chi connectivity index (χ2v) is 6.61. The molecule has 4 rings (SSSR count). The van der Waals surface area contributed by atoms with E-state index in [2.05, 4.69) is 9.97 Å². The minimum Gasteiger partial charge on any atom is -0.383 e. The van der Waals surface area contributed by atoms with Gasteiger partial charge in [0.05, 0.1) is 23.3 Å². The molecule has 2 aliphatic heterocycles. The highest BCUT2D eigenvalue weighted by Gasteiger charge is 2.22. The largest absolute Gasteiger partial charge is 0.383 e. The average molecular weight is 390 g/mol. The average Bonchev–Trinajstić information content (AvgIpc) is 2.72. The van der Waals surface area contributed by atoms with Crippen molar-refractivity contribution in [3.05, 3.63) is 74.4 Å². The zero-order chi connectivity index (χ0) is 20.5. The van der Waals surface area contributed by atoms with E-state index in [0.29, 0.717) is 35.4 Å². The maximum absolute atomic E-state index is 13.2. The minimum atomic E-state index is -0.691. The first-order valence-corrected chi connectivity index (χ1v) is 9.02. The fourth-order valence-electron chi connectivity index (χ4n) is 3.35. The lowest BCUT2D eigenvalue weighted by atomic mass is 10.1. The Balaban J connectivity index is 2.13. The molecule has 0 radical (unpaired) electrons. The van der Waals surface area contributed by atoms with Gasteiger partial charge in [-0.1, -0.05) is 18.2 Å². The van der Waals surface area contributed by atoms with Crippen molar-refractivity contribution in [1.82, 2.24) is 19.1 Å². The summed E-state index contributed by atoms with van der Waals surface area (Å²) < 4.78 is 7.89. The van der Waals surface area contributed by atoms with E-state index in [1.807, 2.05) is 0 Å². The molecule has 146 valence electrons. The third-order valence-electron chi connectivity index (χ3n) is 4.81. The summed E-state index contributed by atoms with van der Waals surface area (Å²) in [5.74, 6) is 0.164. The fraction of sp³-hybridized carbons (Fsp3) is 0.190. The van der Waals surface area contributed by atoms with E-state index in [-0.39, 0.29) is 11.5 Å². The highest BCUT2D eigenvalue weighted by atomic mass is 16.5. The molecule has 8 nitrogen and oxygen atoms in total. The Morgan fingerprint density at radius 1 is 1.10 bits per heavy atom. The van der Waals surface area contributed by atoms with Crippen LogP contribution in [0.2, 0.25) is 0 Å². The molecule has 2 aliphatic rings. The molecule has 0 saturated carbocycles. The molecular weight excluding hydrogens is 372 g/mol. The topological polar surface area (TPSA) is 96.1 Å². The molecule has 0 saturated heterocycles. The van der Waals surface area contributed by atoms with Gasteiger partial charge in [0.15, 0.2) is 11.5 Å². The third-order valence-corrected chi connectivity index (χ3v) is 4.81. The summed E-state index contributed by atoms with van der Waals surface area (Å²) in [4.78, 5) is 46.0. The smallest absolute Gasteiger partial charge is 0.357 e. The lowest BCUT2D eigenvalue weighted by Gasteiger charge is -2.18. The Labute approximate surface area is 165 Å². The summed E-state index contributed by atoms with van der Waals surface area (Å²) in [5.41, 5.74) is 1.66. The second kappa shape index (κ2) is 7.40. The van der Waals surface area contributed by atoms with Crippen LogP contribution in [0.4, 0.5) is 0 Å². The monoisotopic (exact) mass is 390 g/mol. The Hall–Kier alpha value is -3.65. The Bertz CT molecular complexity index is 1310. The number of carbonyl (C=O) groups is 1. The van der Waals surface area contributed by atoms with E-state index in [1.165, 1.54) is 0 Å². The first-order valence-electron chi connectivity index (χ1n) is 9.02.